The van der Waals surface area contributed by atoms with Crippen molar-refractivity contribution in [3.8, 4) is 11.4 Å². The van der Waals surface area contributed by atoms with Gasteiger partial charge >= 0.3 is 6.03 Å². The van der Waals surface area contributed by atoms with Gasteiger partial charge in [-0.05, 0) is 86.3 Å². The number of anilines is 3. The van der Waals surface area contributed by atoms with Gasteiger partial charge in [-0.15, -0.1) is 5.10 Å². The van der Waals surface area contributed by atoms with Crippen LogP contribution in [-0.2, 0) is 11.3 Å². The van der Waals surface area contributed by atoms with Crippen LogP contribution in [0, 0.1) is 5.82 Å². The lowest BCUT2D eigenvalue weighted by Crippen LogP contribution is -2.50. The minimum absolute atomic E-state index is 0.0703. The summed E-state index contributed by atoms with van der Waals surface area (Å²) in [5, 5.41) is 7.44. The van der Waals surface area contributed by atoms with Crippen LogP contribution in [0.25, 0.3) is 17.0 Å². The summed E-state index contributed by atoms with van der Waals surface area (Å²) >= 11 is 0. The van der Waals surface area contributed by atoms with E-state index in [1.54, 1.807) is 29.4 Å². The highest BCUT2D eigenvalue weighted by molar-refractivity contribution is 6.05. The summed E-state index contributed by atoms with van der Waals surface area (Å²) in [6.45, 7) is 3.58. The fourth-order valence-electron chi connectivity index (χ4n) is 7.55. The summed E-state index contributed by atoms with van der Waals surface area (Å²) in [6, 6.07) is 18.9. The van der Waals surface area contributed by atoms with Crippen molar-refractivity contribution in [1.29, 1.82) is 0 Å². The second-order valence-electron chi connectivity index (χ2n) is 13.3. The Bertz CT molecular complexity index is 2040. The highest BCUT2D eigenvalue weighted by Gasteiger charge is 2.30. The number of carbonyl (C=O) groups excluding carboxylic acids is 2. The van der Waals surface area contributed by atoms with Gasteiger partial charge < -0.3 is 9.80 Å². The zero-order valence-electron chi connectivity index (χ0n) is 28.0. The van der Waals surface area contributed by atoms with E-state index in [-0.39, 0.29) is 24.2 Å². The summed E-state index contributed by atoms with van der Waals surface area (Å²) in [7, 11) is 2.12. The van der Waals surface area contributed by atoms with E-state index in [1.165, 1.54) is 6.07 Å². The van der Waals surface area contributed by atoms with Gasteiger partial charge in [-0.25, -0.2) is 23.7 Å². The molecule has 256 valence electrons. The van der Waals surface area contributed by atoms with Gasteiger partial charge in [0.1, 0.15) is 23.1 Å². The molecule has 3 aliphatic rings. The molecule has 0 saturated carbocycles. The summed E-state index contributed by atoms with van der Waals surface area (Å²) in [4.78, 5) is 46.7. The number of nitrogens with zero attached hydrogens (tertiary/aromatic N) is 9. The molecule has 7 heterocycles. The zero-order valence-corrected chi connectivity index (χ0v) is 28.0. The maximum Gasteiger partial charge on any atom is 0.328 e. The Balaban J connectivity index is 0.953. The Morgan fingerprint density at radius 3 is 2.64 bits per heavy atom. The van der Waals surface area contributed by atoms with Crippen LogP contribution in [0.1, 0.15) is 49.3 Å². The minimum atomic E-state index is -0.401. The molecule has 4 aromatic heterocycles. The predicted molar refractivity (Wildman–Crippen MR) is 188 cm³/mol. The second-order valence-corrected chi connectivity index (χ2v) is 13.3. The minimum Gasteiger partial charge on any atom is -0.356 e. The third kappa shape index (κ3) is 6.24. The predicted octanol–water partition coefficient (Wildman–Crippen LogP) is 5.21. The highest BCUT2D eigenvalue weighted by Crippen LogP contribution is 2.36. The van der Waals surface area contributed by atoms with E-state index in [4.69, 9.17) is 10.1 Å². The van der Waals surface area contributed by atoms with Gasteiger partial charge in [0.15, 0.2) is 5.65 Å². The fourth-order valence-corrected chi connectivity index (χ4v) is 7.55. The highest BCUT2D eigenvalue weighted by atomic mass is 19.1. The van der Waals surface area contributed by atoms with Crippen LogP contribution in [0.5, 0.6) is 0 Å². The molecule has 50 heavy (non-hydrogen) atoms. The number of urea groups is 1. The van der Waals surface area contributed by atoms with Crippen LogP contribution in [0.2, 0.25) is 0 Å². The van der Waals surface area contributed by atoms with E-state index < -0.39 is 6.03 Å². The van der Waals surface area contributed by atoms with Crippen molar-refractivity contribution >= 4 is 34.9 Å². The van der Waals surface area contributed by atoms with Crippen LogP contribution in [0.3, 0.4) is 0 Å². The third-order valence-electron chi connectivity index (χ3n) is 10.2. The van der Waals surface area contributed by atoms with Gasteiger partial charge in [0.2, 0.25) is 5.91 Å². The molecule has 3 fully saturated rings. The zero-order chi connectivity index (χ0) is 34.2. The number of imide groups is 1. The van der Waals surface area contributed by atoms with Gasteiger partial charge in [0.25, 0.3) is 0 Å². The van der Waals surface area contributed by atoms with E-state index >= 15 is 0 Å². The molecule has 1 atom stereocenters. The SMILES string of the molecule is CN(Cc1ccncc1N1CCC(=O)NC1=O)C1CCN(c2cccc(-c3cnc4ccc(N5CCC[C@@H]5c5cccc(F)c5)nn34)n2)CC1. The summed E-state index contributed by atoms with van der Waals surface area (Å²) < 4.78 is 15.9. The number of pyridine rings is 2. The standard InChI is InChI=1S/C37H39FN10O2/c1-44(24-26-12-16-39-22-31(26)47-20-15-36(49)42-37(47)50)28-13-18-45(19-14-28)34-9-3-7-29(41-34)32-23-40-33-10-11-35(43-48(32)33)46-17-4-8-30(46)25-5-2-6-27(38)21-25/h2-3,5-7,9-12,16,21-23,28,30H,4,8,13-15,17-20,24H2,1H3,(H,42,49,50)/t30-/m1/s1. The van der Waals surface area contributed by atoms with E-state index in [2.05, 4.69) is 43.1 Å². The van der Waals surface area contributed by atoms with Crippen molar-refractivity contribution in [1.82, 2.24) is 34.8 Å². The van der Waals surface area contributed by atoms with E-state index in [9.17, 15) is 14.0 Å². The molecule has 13 heteroatoms. The van der Waals surface area contributed by atoms with Crippen molar-refractivity contribution in [2.45, 2.75) is 50.7 Å². The Labute approximate surface area is 289 Å². The molecule has 1 N–H and O–H groups in total. The molecule has 0 aliphatic carbocycles. The van der Waals surface area contributed by atoms with Crippen LogP contribution in [-0.4, -0.2) is 80.7 Å². The maximum atomic E-state index is 14.1. The van der Waals surface area contributed by atoms with Crippen LogP contribution >= 0.6 is 0 Å². The molecule has 12 nitrogen and oxygen atoms in total. The number of imidazole rings is 1. The number of hydrogen-bond acceptors (Lipinski definition) is 9. The Kier molecular flexibility index (Phi) is 8.57. The first-order chi connectivity index (χ1) is 24.4. The first-order valence-electron chi connectivity index (χ1n) is 17.2. The first kappa shape index (κ1) is 31.8. The molecule has 0 spiro atoms. The molecule has 0 unspecified atom stereocenters. The number of benzene rings is 1. The Morgan fingerprint density at radius 2 is 1.80 bits per heavy atom. The molecular weight excluding hydrogens is 635 g/mol. The fraction of sp³-hybridized carbons (Fsp3) is 0.351. The van der Waals surface area contributed by atoms with Gasteiger partial charge in [-0.3, -0.25) is 24.9 Å². The van der Waals surface area contributed by atoms with Crippen LogP contribution in [0.15, 0.2) is 79.3 Å². The number of carbonyl (C=O) groups is 2. The van der Waals surface area contributed by atoms with Gasteiger partial charge in [-0.2, -0.15) is 0 Å². The van der Waals surface area contributed by atoms with Crippen molar-refractivity contribution in [3.05, 3.63) is 96.2 Å². The number of fused-ring (bicyclic) bond motifs is 1. The summed E-state index contributed by atoms with van der Waals surface area (Å²) in [6.07, 6.45) is 9.43. The van der Waals surface area contributed by atoms with E-state index in [0.29, 0.717) is 19.1 Å². The smallest absolute Gasteiger partial charge is 0.328 e. The molecule has 3 amide bonds. The van der Waals surface area contributed by atoms with Crippen molar-refractivity contribution in [2.24, 2.45) is 0 Å². The molecular formula is C37H39FN10O2. The maximum absolute atomic E-state index is 14.1. The lowest BCUT2D eigenvalue weighted by Gasteiger charge is -2.38. The van der Waals surface area contributed by atoms with Crippen molar-refractivity contribution < 1.29 is 14.0 Å². The number of hydrogen-bond donors (Lipinski definition) is 1. The summed E-state index contributed by atoms with van der Waals surface area (Å²) in [5.41, 5.74) is 5.07. The lowest BCUT2D eigenvalue weighted by molar-refractivity contribution is -0.120. The van der Waals surface area contributed by atoms with Gasteiger partial charge in [0, 0.05) is 51.4 Å². The average Bonchev–Trinajstić information content (AvgIpc) is 3.80. The van der Waals surface area contributed by atoms with E-state index in [0.717, 1.165) is 90.8 Å². The van der Waals surface area contributed by atoms with Crippen LogP contribution in [0.4, 0.5) is 26.5 Å². The second kappa shape index (κ2) is 13.5. The number of aromatic nitrogens is 5. The van der Waals surface area contributed by atoms with Crippen molar-refractivity contribution in [2.75, 3.05) is 47.9 Å². The average molecular weight is 675 g/mol. The molecule has 3 aliphatic heterocycles. The monoisotopic (exact) mass is 674 g/mol. The first-order valence-corrected chi connectivity index (χ1v) is 17.2. The van der Waals surface area contributed by atoms with E-state index in [1.807, 2.05) is 47.1 Å². The molecule has 0 bridgehead atoms. The number of piperidine rings is 1. The van der Waals surface area contributed by atoms with Gasteiger partial charge in [-0.1, -0.05) is 18.2 Å². The molecule has 8 rings (SSSR count). The number of rotatable bonds is 8. The normalized spacial score (nSPS) is 18.8. The Morgan fingerprint density at radius 1 is 0.940 bits per heavy atom. The Hall–Kier alpha value is -5.43. The lowest BCUT2D eigenvalue weighted by atomic mass is 10.0. The van der Waals surface area contributed by atoms with Gasteiger partial charge in [0.05, 0.1) is 29.8 Å². The molecule has 0 radical (unpaired) electrons. The topological polar surface area (TPSA) is 115 Å². The number of nitrogens with one attached hydrogen (secondary N) is 1. The summed E-state index contributed by atoms with van der Waals surface area (Å²) in [5.74, 6) is 1.28. The quantitative estimate of drug-likeness (QED) is 0.237. The van der Waals surface area contributed by atoms with Crippen molar-refractivity contribution in [3.63, 3.8) is 0 Å². The largest absolute Gasteiger partial charge is 0.356 e. The molecule has 1 aromatic carbocycles. The molecule has 5 aromatic rings. The third-order valence-corrected chi connectivity index (χ3v) is 10.2. The van der Waals surface area contributed by atoms with Crippen LogP contribution < -0.4 is 20.0 Å². The number of amides is 3. The molecule has 3 saturated heterocycles. The number of halogens is 1.